The van der Waals surface area contributed by atoms with E-state index in [0.717, 1.165) is 5.56 Å². The van der Waals surface area contributed by atoms with Crippen LogP contribution in [0.3, 0.4) is 0 Å². The summed E-state index contributed by atoms with van der Waals surface area (Å²) in [5.74, 6) is -0.997. The Morgan fingerprint density at radius 3 is 2.67 bits per heavy atom. The molecule has 0 saturated carbocycles. The second kappa shape index (κ2) is 3.58. The molecule has 0 radical (unpaired) electrons. The molecule has 4 N–H and O–H groups in total. The van der Waals surface area contributed by atoms with Gasteiger partial charge in [-0.3, -0.25) is 0 Å². The third-order valence-corrected chi connectivity index (χ3v) is 3.26. The molecule has 0 spiro atoms. The van der Waals surface area contributed by atoms with E-state index in [1.807, 2.05) is 0 Å². The molecule has 3 rings (SSSR count). The predicted octanol–water partition coefficient (Wildman–Crippen LogP) is 2.03. The Morgan fingerprint density at radius 1 is 1.17 bits per heavy atom. The largest absolute Gasteiger partial charge is 0.478 e. The predicted molar refractivity (Wildman–Crippen MR) is 67.3 cm³/mol. The van der Waals surface area contributed by atoms with Crippen LogP contribution in [0.4, 0.5) is 5.69 Å². The number of aromatic carboxylic acids is 1. The van der Waals surface area contributed by atoms with Gasteiger partial charge in [0.25, 0.3) is 0 Å². The number of fused-ring (bicyclic) bond motifs is 3. The van der Waals surface area contributed by atoms with Crippen molar-refractivity contribution in [3.63, 3.8) is 0 Å². The van der Waals surface area contributed by atoms with Gasteiger partial charge in [0.15, 0.2) is 0 Å². The first-order valence-corrected chi connectivity index (χ1v) is 5.53. The molecule has 4 nitrogen and oxygen atoms in total. The second-order valence-corrected chi connectivity index (χ2v) is 4.32. The fourth-order valence-corrected chi connectivity index (χ4v) is 2.48. The van der Waals surface area contributed by atoms with E-state index in [2.05, 4.69) is 0 Å². The van der Waals surface area contributed by atoms with Crippen molar-refractivity contribution < 1.29 is 15.0 Å². The number of nitrogens with two attached hydrogens (primary N) is 1. The van der Waals surface area contributed by atoms with E-state index in [1.54, 1.807) is 36.4 Å². The Labute approximate surface area is 103 Å². The van der Waals surface area contributed by atoms with Crippen molar-refractivity contribution in [2.45, 2.75) is 6.10 Å². The Balaban J connectivity index is 2.36. The minimum absolute atomic E-state index is 0.204. The SMILES string of the molecule is Nc1ccc2c(c1)[C@H](O)c1cccc(C(=O)O)c1-2. The lowest BCUT2D eigenvalue weighted by molar-refractivity contribution is 0.0697. The first-order chi connectivity index (χ1) is 8.59. The third-order valence-electron chi connectivity index (χ3n) is 3.26. The second-order valence-electron chi connectivity index (χ2n) is 4.32. The molecule has 0 bridgehead atoms. The number of anilines is 1. The fourth-order valence-electron chi connectivity index (χ4n) is 2.48. The van der Waals surface area contributed by atoms with Gasteiger partial charge in [0.2, 0.25) is 0 Å². The first-order valence-electron chi connectivity index (χ1n) is 5.53. The highest BCUT2D eigenvalue weighted by Crippen LogP contribution is 2.45. The maximum Gasteiger partial charge on any atom is 0.336 e. The minimum Gasteiger partial charge on any atom is -0.478 e. The number of aliphatic hydroxyl groups is 1. The zero-order chi connectivity index (χ0) is 12.9. The zero-order valence-electron chi connectivity index (χ0n) is 9.42. The van der Waals surface area contributed by atoms with Crippen molar-refractivity contribution in [1.29, 1.82) is 0 Å². The highest BCUT2D eigenvalue weighted by molar-refractivity contribution is 5.99. The molecule has 0 fully saturated rings. The molecule has 2 aromatic rings. The van der Waals surface area contributed by atoms with Crippen molar-refractivity contribution in [1.82, 2.24) is 0 Å². The molecular formula is C14H11NO3. The van der Waals surface area contributed by atoms with Gasteiger partial charge in [-0.25, -0.2) is 4.79 Å². The Bertz CT molecular complexity index is 664. The van der Waals surface area contributed by atoms with Crippen LogP contribution in [0.1, 0.15) is 27.6 Å². The van der Waals surface area contributed by atoms with E-state index in [0.29, 0.717) is 22.4 Å². The maximum absolute atomic E-state index is 11.2. The number of rotatable bonds is 1. The van der Waals surface area contributed by atoms with Crippen LogP contribution in [0, 0.1) is 0 Å². The van der Waals surface area contributed by atoms with Gasteiger partial charge in [-0.2, -0.15) is 0 Å². The molecule has 0 heterocycles. The van der Waals surface area contributed by atoms with Gasteiger partial charge < -0.3 is 15.9 Å². The van der Waals surface area contributed by atoms with Gasteiger partial charge in [0.1, 0.15) is 6.10 Å². The summed E-state index contributed by atoms with van der Waals surface area (Å²) in [7, 11) is 0. The molecule has 1 aliphatic rings. The smallest absolute Gasteiger partial charge is 0.336 e. The molecule has 90 valence electrons. The zero-order valence-corrected chi connectivity index (χ0v) is 9.42. The summed E-state index contributed by atoms with van der Waals surface area (Å²) in [4.78, 5) is 11.2. The molecule has 0 unspecified atom stereocenters. The number of benzene rings is 2. The van der Waals surface area contributed by atoms with E-state index in [4.69, 9.17) is 5.73 Å². The number of carbonyl (C=O) groups is 1. The van der Waals surface area contributed by atoms with Crippen molar-refractivity contribution in [3.05, 3.63) is 53.1 Å². The Morgan fingerprint density at radius 2 is 1.94 bits per heavy atom. The Hall–Kier alpha value is -2.33. The van der Waals surface area contributed by atoms with E-state index >= 15 is 0 Å². The molecule has 2 aromatic carbocycles. The van der Waals surface area contributed by atoms with Crippen molar-refractivity contribution in [3.8, 4) is 11.1 Å². The van der Waals surface area contributed by atoms with Crippen molar-refractivity contribution in [2.24, 2.45) is 0 Å². The molecule has 0 aliphatic heterocycles. The van der Waals surface area contributed by atoms with Crippen LogP contribution >= 0.6 is 0 Å². The summed E-state index contributed by atoms with van der Waals surface area (Å²) in [6.07, 6.45) is -0.808. The monoisotopic (exact) mass is 241 g/mol. The number of hydrogen-bond acceptors (Lipinski definition) is 3. The average molecular weight is 241 g/mol. The van der Waals surface area contributed by atoms with E-state index in [9.17, 15) is 15.0 Å². The molecule has 1 aliphatic carbocycles. The lowest BCUT2D eigenvalue weighted by Crippen LogP contribution is -2.00. The topological polar surface area (TPSA) is 83.5 Å². The molecule has 0 saturated heterocycles. The van der Waals surface area contributed by atoms with Crippen molar-refractivity contribution in [2.75, 3.05) is 5.73 Å². The lowest BCUT2D eigenvalue weighted by Gasteiger charge is -2.06. The Kier molecular flexibility index (Phi) is 2.15. The number of nitrogen functional groups attached to an aromatic ring is 1. The third kappa shape index (κ3) is 1.33. The standard InChI is InChI=1S/C14H11NO3/c15-7-4-5-8-11(6-7)13(16)9-2-1-3-10(12(8)9)14(17)18/h1-6,13,16H,15H2,(H,17,18)/t13-/m1/s1. The molecule has 4 heteroatoms. The number of carboxylic acids is 1. The molecule has 1 atom stereocenters. The maximum atomic E-state index is 11.2. The summed E-state index contributed by atoms with van der Waals surface area (Å²) in [6, 6.07) is 10.1. The number of aliphatic hydroxyl groups excluding tert-OH is 1. The van der Waals surface area contributed by atoms with E-state index in [-0.39, 0.29) is 5.56 Å². The number of carboxylic acid groups (broad SMARTS) is 1. The highest BCUT2D eigenvalue weighted by Gasteiger charge is 2.30. The van der Waals surface area contributed by atoms with Gasteiger partial charge in [-0.1, -0.05) is 18.2 Å². The summed E-state index contributed by atoms with van der Waals surface area (Å²) in [6.45, 7) is 0. The summed E-state index contributed by atoms with van der Waals surface area (Å²) < 4.78 is 0. The molecule has 0 amide bonds. The van der Waals surface area contributed by atoms with Crippen LogP contribution in [-0.2, 0) is 0 Å². The fraction of sp³-hybridized carbons (Fsp3) is 0.0714. The summed E-state index contributed by atoms with van der Waals surface area (Å²) >= 11 is 0. The van der Waals surface area contributed by atoms with E-state index in [1.165, 1.54) is 0 Å². The summed E-state index contributed by atoms with van der Waals surface area (Å²) in [5, 5.41) is 19.4. The normalized spacial score (nSPS) is 16.2. The highest BCUT2D eigenvalue weighted by atomic mass is 16.4. The quantitative estimate of drug-likeness (QED) is 0.667. The van der Waals surface area contributed by atoms with Crippen LogP contribution < -0.4 is 5.73 Å². The lowest BCUT2D eigenvalue weighted by atomic mass is 9.99. The molecule has 0 aromatic heterocycles. The van der Waals surface area contributed by atoms with Crippen LogP contribution in [0.15, 0.2) is 36.4 Å². The minimum atomic E-state index is -0.997. The van der Waals surface area contributed by atoms with E-state index < -0.39 is 12.1 Å². The van der Waals surface area contributed by atoms with Gasteiger partial charge in [0.05, 0.1) is 5.56 Å². The summed E-state index contributed by atoms with van der Waals surface area (Å²) in [5.41, 5.74) is 9.07. The van der Waals surface area contributed by atoms with Gasteiger partial charge in [-0.15, -0.1) is 0 Å². The van der Waals surface area contributed by atoms with Crippen molar-refractivity contribution >= 4 is 11.7 Å². The van der Waals surface area contributed by atoms with Gasteiger partial charge in [0, 0.05) is 11.3 Å². The van der Waals surface area contributed by atoms with Gasteiger partial charge in [-0.05, 0) is 34.9 Å². The molecule has 18 heavy (non-hydrogen) atoms. The van der Waals surface area contributed by atoms with Crippen LogP contribution in [0.2, 0.25) is 0 Å². The van der Waals surface area contributed by atoms with Crippen LogP contribution in [0.5, 0.6) is 0 Å². The average Bonchev–Trinajstić information content (AvgIpc) is 2.63. The van der Waals surface area contributed by atoms with Crippen LogP contribution in [-0.4, -0.2) is 16.2 Å². The number of hydrogen-bond donors (Lipinski definition) is 3. The van der Waals surface area contributed by atoms with Crippen LogP contribution in [0.25, 0.3) is 11.1 Å². The first kappa shape index (κ1) is 10.8. The molecular weight excluding hydrogens is 230 g/mol. The van der Waals surface area contributed by atoms with Gasteiger partial charge >= 0.3 is 5.97 Å².